The number of benzene rings is 1. The molecule has 1 N–H and O–H groups in total. The molecule has 5 heteroatoms. The number of carbonyl (C=O) groups excluding carboxylic acids is 1. The van der Waals surface area contributed by atoms with E-state index >= 15 is 0 Å². The van der Waals surface area contributed by atoms with Gasteiger partial charge < -0.3 is 4.74 Å². The molecule has 15 heavy (non-hydrogen) atoms. The van der Waals surface area contributed by atoms with E-state index in [2.05, 4.69) is 0 Å². The fourth-order valence-electron chi connectivity index (χ4n) is 1.02. The molecule has 0 fully saturated rings. The molecule has 0 aromatic heterocycles. The molecule has 0 aliphatic carbocycles. The zero-order chi connectivity index (χ0) is 11.3. The standard InChI is InChI=1S/C10H12ClNO3/c1-8-6-9(2-3-10(8)11)15-5-4-12(14)7-13/h2-3,6-7,14H,4-5H2,1H3. The van der Waals surface area contributed by atoms with Gasteiger partial charge >= 0.3 is 0 Å². The Balaban J connectivity index is 2.44. The lowest BCUT2D eigenvalue weighted by Crippen LogP contribution is -2.23. The summed E-state index contributed by atoms with van der Waals surface area (Å²) in [6.45, 7) is 2.24. The second kappa shape index (κ2) is 5.58. The van der Waals surface area contributed by atoms with Crippen LogP contribution in [0.5, 0.6) is 5.75 Å². The van der Waals surface area contributed by atoms with E-state index < -0.39 is 0 Å². The Morgan fingerprint density at radius 3 is 2.93 bits per heavy atom. The van der Waals surface area contributed by atoms with Gasteiger partial charge in [0.05, 0.1) is 6.54 Å². The van der Waals surface area contributed by atoms with Crippen molar-refractivity contribution in [3.8, 4) is 5.75 Å². The summed E-state index contributed by atoms with van der Waals surface area (Å²) in [6, 6.07) is 5.27. The molecule has 0 saturated heterocycles. The molecule has 4 nitrogen and oxygen atoms in total. The minimum atomic E-state index is 0.130. The van der Waals surface area contributed by atoms with Crippen LogP contribution in [0.25, 0.3) is 0 Å². The van der Waals surface area contributed by atoms with Crippen molar-refractivity contribution in [2.24, 2.45) is 0 Å². The van der Waals surface area contributed by atoms with Crippen molar-refractivity contribution >= 4 is 18.0 Å². The summed E-state index contributed by atoms with van der Waals surface area (Å²) in [7, 11) is 0. The fraction of sp³-hybridized carbons (Fsp3) is 0.300. The lowest BCUT2D eigenvalue weighted by molar-refractivity contribution is -0.150. The van der Waals surface area contributed by atoms with Crippen LogP contribution in [-0.2, 0) is 4.79 Å². The van der Waals surface area contributed by atoms with E-state index in [0.29, 0.717) is 22.2 Å². The molecule has 82 valence electrons. The quantitative estimate of drug-likeness (QED) is 0.477. The summed E-state index contributed by atoms with van der Waals surface area (Å²) in [6.07, 6.45) is 0.330. The number of carbonyl (C=O) groups is 1. The van der Waals surface area contributed by atoms with Crippen LogP contribution in [0.2, 0.25) is 5.02 Å². The Kier molecular flexibility index (Phi) is 4.39. The Bertz CT molecular complexity index is 343. The third-order valence-electron chi connectivity index (χ3n) is 1.84. The van der Waals surface area contributed by atoms with E-state index in [1.54, 1.807) is 18.2 Å². The van der Waals surface area contributed by atoms with Crippen LogP contribution in [0.4, 0.5) is 0 Å². The average Bonchev–Trinajstić information content (AvgIpc) is 2.23. The van der Waals surface area contributed by atoms with Crippen molar-refractivity contribution < 1.29 is 14.7 Å². The normalized spacial score (nSPS) is 9.80. The molecule has 0 aliphatic rings. The molecule has 0 bridgehead atoms. The minimum absolute atomic E-state index is 0.130. The molecule has 1 aromatic rings. The smallest absolute Gasteiger partial charge is 0.233 e. The maximum Gasteiger partial charge on any atom is 0.233 e. The van der Waals surface area contributed by atoms with Crippen LogP contribution in [0.15, 0.2) is 18.2 Å². The van der Waals surface area contributed by atoms with E-state index in [1.807, 2.05) is 6.92 Å². The predicted molar refractivity (Wildman–Crippen MR) is 56.2 cm³/mol. The first kappa shape index (κ1) is 11.8. The number of aryl methyl sites for hydroxylation is 1. The molecular formula is C10H12ClNO3. The van der Waals surface area contributed by atoms with E-state index in [0.717, 1.165) is 5.56 Å². The number of nitrogens with zero attached hydrogens (tertiary/aromatic N) is 1. The molecular weight excluding hydrogens is 218 g/mol. The predicted octanol–water partition coefficient (Wildman–Crippen LogP) is 1.87. The highest BCUT2D eigenvalue weighted by atomic mass is 35.5. The van der Waals surface area contributed by atoms with E-state index in [9.17, 15) is 4.79 Å². The van der Waals surface area contributed by atoms with Gasteiger partial charge in [-0.25, -0.2) is 5.06 Å². The zero-order valence-corrected chi connectivity index (χ0v) is 9.07. The molecule has 1 rings (SSSR count). The second-order valence-electron chi connectivity index (χ2n) is 3.03. The van der Waals surface area contributed by atoms with Crippen LogP contribution in [0.3, 0.4) is 0 Å². The Morgan fingerprint density at radius 1 is 1.60 bits per heavy atom. The van der Waals surface area contributed by atoms with Gasteiger partial charge in [0.15, 0.2) is 0 Å². The summed E-state index contributed by atoms with van der Waals surface area (Å²) in [5, 5.41) is 10.0. The third kappa shape index (κ3) is 3.77. The molecule has 0 saturated carbocycles. The Labute approximate surface area is 93.0 Å². The van der Waals surface area contributed by atoms with Crippen LogP contribution in [-0.4, -0.2) is 29.8 Å². The summed E-state index contributed by atoms with van der Waals surface area (Å²) in [5.74, 6) is 0.663. The van der Waals surface area contributed by atoms with Crippen molar-refractivity contribution in [1.29, 1.82) is 0 Å². The van der Waals surface area contributed by atoms with Crippen LogP contribution in [0.1, 0.15) is 5.56 Å². The van der Waals surface area contributed by atoms with Gasteiger partial charge in [-0.15, -0.1) is 0 Å². The number of hydrogen-bond donors (Lipinski definition) is 1. The molecule has 1 aromatic carbocycles. The zero-order valence-electron chi connectivity index (χ0n) is 8.31. The molecule has 1 amide bonds. The van der Waals surface area contributed by atoms with Gasteiger partial charge in [-0.05, 0) is 30.7 Å². The van der Waals surface area contributed by atoms with Gasteiger partial charge in [-0.3, -0.25) is 10.0 Å². The molecule has 0 radical (unpaired) electrons. The first-order valence-corrected chi connectivity index (χ1v) is 4.81. The van der Waals surface area contributed by atoms with E-state index in [1.165, 1.54) is 0 Å². The van der Waals surface area contributed by atoms with E-state index in [4.69, 9.17) is 21.5 Å². The summed E-state index contributed by atoms with van der Waals surface area (Å²) < 4.78 is 5.30. The molecule has 0 atom stereocenters. The number of amides is 1. The lowest BCUT2D eigenvalue weighted by atomic mass is 10.2. The molecule has 0 heterocycles. The second-order valence-corrected chi connectivity index (χ2v) is 3.44. The average molecular weight is 230 g/mol. The van der Waals surface area contributed by atoms with Gasteiger partial charge in [-0.1, -0.05) is 11.6 Å². The highest BCUT2D eigenvalue weighted by Crippen LogP contribution is 2.20. The topological polar surface area (TPSA) is 49.8 Å². The van der Waals surface area contributed by atoms with E-state index in [-0.39, 0.29) is 13.2 Å². The fourth-order valence-corrected chi connectivity index (χ4v) is 1.13. The third-order valence-corrected chi connectivity index (χ3v) is 2.26. The van der Waals surface area contributed by atoms with Crippen molar-refractivity contribution in [2.45, 2.75) is 6.92 Å². The van der Waals surface area contributed by atoms with Crippen molar-refractivity contribution in [3.05, 3.63) is 28.8 Å². The number of hydroxylamine groups is 2. The maximum atomic E-state index is 10.0. The number of hydrogen-bond acceptors (Lipinski definition) is 3. The van der Waals surface area contributed by atoms with Gasteiger partial charge in [0.25, 0.3) is 0 Å². The summed E-state index contributed by atoms with van der Waals surface area (Å²) >= 11 is 5.84. The lowest BCUT2D eigenvalue weighted by Gasteiger charge is -2.10. The van der Waals surface area contributed by atoms with Crippen LogP contribution >= 0.6 is 11.6 Å². The highest BCUT2D eigenvalue weighted by molar-refractivity contribution is 6.31. The first-order chi connectivity index (χ1) is 7.13. The Morgan fingerprint density at radius 2 is 2.33 bits per heavy atom. The monoisotopic (exact) mass is 229 g/mol. The van der Waals surface area contributed by atoms with Gasteiger partial charge in [-0.2, -0.15) is 0 Å². The van der Waals surface area contributed by atoms with Crippen LogP contribution < -0.4 is 4.74 Å². The van der Waals surface area contributed by atoms with Gasteiger partial charge in [0.1, 0.15) is 12.4 Å². The SMILES string of the molecule is Cc1cc(OCCN(O)C=O)ccc1Cl. The van der Waals surface area contributed by atoms with Crippen molar-refractivity contribution in [1.82, 2.24) is 5.06 Å². The number of halogens is 1. The first-order valence-electron chi connectivity index (χ1n) is 4.43. The van der Waals surface area contributed by atoms with Crippen molar-refractivity contribution in [3.63, 3.8) is 0 Å². The largest absolute Gasteiger partial charge is 0.492 e. The highest BCUT2D eigenvalue weighted by Gasteiger charge is 2.00. The van der Waals surface area contributed by atoms with Crippen molar-refractivity contribution in [2.75, 3.05) is 13.2 Å². The van der Waals surface area contributed by atoms with Crippen LogP contribution in [0, 0.1) is 6.92 Å². The summed E-state index contributed by atoms with van der Waals surface area (Å²) in [5.41, 5.74) is 0.922. The summed E-state index contributed by atoms with van der Waals surface area (Å²) in [4.78, 5) is 10.0. The Hall–Kier alpha value is -1.26. The number of rotatable bonds is 5. The van der Waals surface area contributed by atoms with Gasteiger partial charge in [0, 0.05) is 5.02 Å². The number of ether oxygens (including phenoxy) is 1. The molecule has 0 aliphatic heterocycles. The maximum absolute atomic E-state index is 10.0. The minimum Gasteiger partial charge on any atom is -0.492 e. The van der Waals surface area contributed by atoms with Gasteiger partial charge in [0.2, 0.25) is 6.41 Å². The molecule has 0 spiro atoms. The molecule has 0 unspecified atom stereocenters.